The van der Waals surface area contributed by atoms with E-state index < -0.39 is 16.1 Å². The average molecular weight is 826 g/mol. The maximum Gasteiger partial charge on any atom is 0.200 e. The van der Waals surface area contributed by atoms with Crippen LogP contribution in [0.4, 0.5) is 0 Å². The summed E-state index contributed by atoms with van der Waals surface area (Å²) in [6.07, 6.45) is 0. The molecule has 9 aromatic carbocycles. The van der Waals surface area contributed by atoms with Gasteiger partial charge in [0.15, 0.2) is 8.07 Å². The zero-order valence-electron chi connectivity index (χ0n) is 34.9. The third kappa shape index (κ3) is 6.54. The number of hydrogen-bond acceptors (Lipinski definition) is 0. The van der Waals surface area contributed by atoms with E-state index in [-0.39, 0.29) is 0 Å². The van der Waals surface area contributed by atoms with Crippen LogP contribution in [0.3, 0.4) is 0 Å². The molecule has 0 atom stereocenters. The van der Waals surface area contributed by atoms with Gasteiger partial charge in [0.05, 0.1) is 0 Å². The van der Waals surface area contributed by atoms with Crippen LogP contribution in [-0.4, -0.2) is 20.7 Å². The van der Waals surface area contributed by atoms with Gasteiger partial charge in [-0.2, -0.15) is 0 Å². The maximum absolute atomic E-state index is 3.13. The SMILES string of the molecule is Cc1c(-c2ccccc2)c(-c2ccccc2)c([Si](c2ccccc2)(c2ccccc2)c2ccccc2)n1-c1ccc([Si](c2ccccc2)(c2ccccc2)c2ccccc2)cc1. The molecule has 1 heterocycles. The molecule has 62 heavy (non-hydrogen) atoms. The van der Waals surface area contributed by atoms with E-state index in [2.05, 4.69) is 278 Å². The smallest absolute Gasteiger partial charge is 0.200 e. The molecule has 0 aliphatic rings. The van der Waals surface area contributed by atoms with Gasteiger partial charge in [-0.05, 0) is 66.5 Å². The van der Waals surface area contributed by atoms with E-state index in [0.717, 1.165) is 5.69 Å². The van der Waals surface area contributed by atoms with Crippen LogP contribution < -0.4 is 41.6 Å². The maximum atomic E-state index is 2.64. The van der Waals surface area contributed by atoms with E-state index in [1.54, 1.807) is 0 Å². The van der Waals surface area contributed by atoms with Gasteiger partial charge >= 0.3 is 0 Å². The Kier molecular flexibility index (Phi) is 10.6. The van der Waals surface area contributed by atoms with Crippen molar-refractivity contribution in [2.45, 2.75) is 6.92 Å². The molecule has 1 nitrogen and oxygen atoms in total. The second kappa shape index (κ2) is 17.0. The van der Waals surface area contributed by atoms with Gasteiger partial charge < -0.3 is 4.57 Å². The summed E-state index contributed by atoms with van der Waals surface area (Å²) in [4.78, 5) is 0. The lowest BCUT2D eigenvalue weighted by atomic mass is 9.97. The Hall–Kier alpha value is -7.31. The van der Waals surface area contributed by atoms with Crippen LogP contribution in [0.15, 0.2) is 267 Å². The molecule has 10 rings (SSSR count). The standard InChI is InChI=1S/C59H47NSi2/c1-46-57(47-26-10-2-11-27-47)58(48-28-12-3-13-29-48)59(62(53-36-20-7-21-37-53,54-38-22-8-23-39-54)55-40-24-9-25-41-55)60(46)49-42-44-56(45-43-49)61(50-30-14-4-15-31-50,51-32-16-5-17-33-51)52-34-18-6-19-35-52/h2-45H,1H3. The minimum Gasteiger partial charge on any atom is -0.320 e. The number of nitrogens with zero attached hydrogens (tertiary/aromatic N) is 1. The van der Waals surface area contributed by atoms with E-state index in [4.69, 9.17) is 0 Å². The van der Waals surface area contributed by atoms with Gasteiger partial charge in [0, 0.05) is 27.8 Å². The van der Waals surface area contributed by atoms with Gasteiger partial charge in [-0.3, -0.25) is 0 Å². The van der Waals surface area contributed by atoms with Crippen molar-refractivity contribution in [2.24, 2.45) is 0 Å². The van der Waals surface area contributed by atoms with Gasteiger partial charge in [0.2, 0.25) is 8.07 Å². The van der Waals surface area contributed by atoms with Crippen LogP contribution in [0.5, 0.6) is 0 Å². The predicted molar refractivity (Wildman–Crippen MR) is 269 cm³/mol. The molecule has 0 radical (unpaired) electrons. The average Bonchev–Trinajstić information content (AvgIpc) is 3.67. The molecule has 10 aromatic rings. The molecule has 0 unspecified atom stereocenters. The van der Waals surface area contributed by atoms with Crippen LogP contribution >= 0.6 is 0 Å². The summed E-state index contributed by atoms with van der Waals surface area (Å²) >= 11 is 0. The molecule has 3 heteroatoms. The predicted octanol–water partition coefficient (Wildman–Crippen LogP) is 8.87. The molecule has 0 fully saturated rings. The normalized spacial score (nSPS) is 11.6. The fourth-order valence-corrected chi connectivity index (χ4v) is 20.0. The Bertz CT molecular complexity index is 2820. The van der Waals surface area contributed by atoms with Gasteiger partial charge in [-0.1, -0.05) is 255 Å². The molecule has 0 aliphatic heterocycles. The summed E-state index contributed by atoms with van der Waals surface area (Å²) in [6, 6.07) is 99.5. The largest absolute Gasteiger partial charge is 0.320 e. The van der Waals surface area contributed by atoms with Crippen LogP contribution in [0.1, 0.15) is 5.69 Å². The molecule has 0 saturated carbocycles. The minimum atomic E-state index is -3.13. The lowest BCUT2D eigenvalue weighted by molar-refractivity contribution is 1.04. The summed E-state index contributed by atoms with van der Waals surface area (Å²) in [7, 11) is -5.89. The van der Waals surface area contributed by atoms with Crippen molar-refractivity contribution in [2.75, 3.05) is 0 Å². The zero-order valence-corrected chi connectivity index (χ0v) is 36.9. The van der Waals surface area contributed by atoms with Crippen molar-refractivity contribution in [3.63, 3.8) is 0 Å². The lowest BCUT2D eigenvalue weighted by Crippen LogP contribution is -2.76. The third-order valence-electron chi connectivity index (χ3n) is 12.7. The zero-order chi connectivity index (χ0) is 41.8. The molecule has 296 valence electrons. The highest BCUT2D eigenvalue weighted by molar-refractivity contribution is 7.20. The summed E-state index contributed by atoms with van der Waals surface area (Å²) in [5.41, 5.74) is 7.33. The topological polar surface area (TPSA) is 4.93 Å². The monoisotopic (exact) mass is 825 g/mol. The van der Waals surface area contributed by atoms with E-state index in [1.807, 2.05) is 0 Å². The Morgan fingerprint density at radius 1 is 0.258 bits per heavy atom. The Labute approximate surface area is 367 Å². The molecule has 0 bridgehead atoms. The fraction of sp³-hybridized carbons (Fsp3) is 0.0169. The first-order valence-corrected chi connectivity index (χ1v) is 25.5. The fourth-order valence-electron chi connectivity index (χ4n) is 10.1. The van der Waals surface area contributed by atoms with Crippen LogP contribution in [-0.2, 0) is 0 Å². The lowest BCUT2D eigenvalue weighted by Gasteiger charge is -2.37. The minimum absolute atomic E-state index is 1.15. The Balaban J connectivity index is 1.35. The quantitative estimate of drug-likeness (QED) is 0.0908. The van der Waals surface area contributed by atoms with Crippen molar-refractivity contribution >= 4 is 57.8 Å². The summed E-state index contributed by atoms with van der Waals surface area (Å²) in [5.74, 6) is 0. The van der Waals surface area contributed by atoms with Crippen molar-refractivity contribution in [1.29, 1.82) is 0 Å². The molecule has 0 amide bonds. The molecule has 0 saturated heterocycles. The highest BCUT2D eigenvalue weighted by Gasteiger charge is 2.48. The molecule has 0 N–H and O–H groups in total. The first-order chi connectivity index (χ1) is 30.7. The summed E-state index contributed by atoms with van der Waals surface area (Å²) < 4.78 is 2.64. The number of benzene rings is 9. The first kappa shape index (κ1) is 38.9. The molecular weight excluding hydrogens is 779 g/mol. The highest BCUT2D eigenvalue weighted by Crippen LogP contribution is 2.38. The number of aromatic nitrogens is 1. The second-order valence-electron chi connectivity index (χ2n) is 16.0. The van der Waals surface area contributed by atoms with Gasteiger partial charge in [-0.25, -0.2) is 0 Å². The molecule has 0 spiro atoms. The van der Waals surface area contributed by atoms with Crippen LogP contribution in [0.2, 0.25) is 0 Å². The molecule has 1 aromatic heterocycles. The van der Waals surface area contributed by atoms with Gasteiger partial charge in [-0.15, -0.1) is 0 Å². The Morgan fingerprint density at radius 2 is 0.516 bits per heavy atom. The van der Waals surface area contributed by atoms with E-state index >= 15 is 0 Å². The molecular formula is C59H47NSi2. The molecule has 0 aliphatic carbocycles. The van der Waals surface area contributed by atoms with Gasteiger partial charge in [0.1, 0.15) is 0 Å². The summed E-state index contributed by atoms with van der Waals surface area (Å²) in [5, 5.41) is 10.8. The van der Waals surface area contributed by atoms with Crippen molar-refractivity contribution in [1.82, 2.24) is 4.57 Å². The number of rotatable bonds is 11. The van der Waals surface area contributed by atoms with Crippen molar-refractivity contribution in [3.8, 4) is 27.9 Å². The number of hydrogen-bond donors (Lipinski definition) is 0. The third-order valence-corrected chi connectivity index (χ3v) is 22.3. The van der Waals surface area contributed by atoms with Crippen molar-refractivity contribution in [3.05, 3.63) is 273 Å². The van der Waals surface area contributed by atoms with E-state index in [9.17, 15) is 0 Å². The Morgan fingerprint density at radius 3 is 0.839 bits per heavy atom. The van der Waals surface area contributed by atoms with Gasteiger partial charge in [0.25, 0.3) is 0 Å². The van der Waals surface area contributed by atoms with Crippen LogP contribution in [0.25, 0.3) is 27.9 Å². The van der Waals surface area contributed by atoms with Crippen molar-refractivity contribution < 1.29 is 0 Å². The van der Waals surface area contributed by atoms with E-state index in [0.29, 0.717) is 0 Å². The van der Waals surface area contributed by atoms with Crippen LogP contribution in [0, 0.1) is 6.92 Å². The summed E-state index contributed by atoms with van der Waals surface area (Å²) in [6.45, 7) is 2.34. The second-order valence-corrected chi connectivity index (χ2v) is 23.5. The van der Waals surface area contributed by atoms with E-state index in [1.165, 1.54) is 69.6 Å². The highest BCUT2D eigenvalue weighted by atomic mass is 28.3. The first-order valence-electron chi connectivity index (χ1n) is 21.5.